The van der Waals surface area contributed by atoms with Gasteiger partial charge in [-0.2, -0.15) is 0 Å². The van der Waals surface area contributed by atoms with Crippen LogP contribution in [0.15, 0.2) is 11.6 Å². The van der Waals surface area contributed by atoms with Gasteiger partial charge in [-0.25, -0.2) is 0 Å². The minimum Gasteiger partial charge on any atom is -0.463 e. The minimum absolute atomic E-state index is 0.0545. The summed E-state index contributed by atoms with van der Waals surface area (Å²) in [7, 11) is 0. The summed E-state index contributed by atoms with van der Waals surface area (Å²) >= 11 is 0. The maximum Gasteiger partial charge on any atom is 0.317 e. The molecule has 0 aromatic carbocycles. The molecule has 4 saturated carbocycles. The number of ether oxygens (including phenoxy) is 12. The van der Waals surface area contributed by atoms with Crippen molar-refractivity contribution in [3.63, 3.8) is 0 Å². The zero-order chi connectivity index (χ0) is 69.4. The lowest BCUT2D eigenvalue weighted by atomic mass is 9.33. The Morgan fingerprint density at radius 1 is 0.568 bits per heavy atom. The van der Waals surface area contributed by atoms with Crippen molar-refractivity contribution in [1.29, 1.82) is 0 Å². The predicted molar refractivity (Wildman–Crippen MR) is 314 cm³/mol. The number of carbonyl (C=O) groups is 3. The highest BCUT2D eigenvalue weighted by molar-refractivity contribution is 5.80. The van der Waals surface area contributed by atoms with Crippen molar-refractivity contribution in [3.8, 4) is 0 Å². The van der Waals surface area contributed by atoms with Crippen LogP contribution >= 0.6 is 0 Å². The van der Waals surface area contributed by atoms with Crippen LogP contribution in [0.3, 0.4) is 0 Å². The maximum atomic E-state index is 15.7. The summed E-state index contributed by atoms with van der Waals surface area (Å²) in [6, 6.07) is 0. The molecule has 3 unspecified atom stereocenters. The summed E-state index contributed by atoms with van der Waals surface area (Å²) in [6.07, 6.45) is -44.3. The average Bonchev–Trinajstić information content (AvgIpc) is 0.670. The first-order valence-electron chi connectivity index (χ1n) is 33.3. The molecule has 0 aromatic rings. The quantitative estimate of drug-likeness (QED) is 0.0547. The summed E-state index contributed by atoms with van der Waals surface area (Å²) < 4.78 is 72.1. The van der Waals surface area contributed by atoms with Crippen molar-refractivity contribution in [2.24, 2.45) is 50.2 Å². The molecule has 9 heterocycles. The third-order valence-electron chi connectivity index (χ3n) is 24.3. The number of carbonyl (C=O) groups excluding carboxylic acids is 3. The zero-order valence-electron chi connectivity index (χ0n) is 54.7. The third kappa shape index (κ3) is 12.7. The Kier molecular flexibility index (Phi) is 20.7. The van der Waals surface area contributed by atoms with Crippen molar-refractivity contribution in [1.82, 2.24) is 0 Å². The number of aliphatic hydroxyl groups is 16. The SMILES string of the molecule is C[C@@H]1O[C@H]2O[C@H]3[C@@H](OC[C@H](O)[C@@H]3O)OC(=O)[C@]34CCC(C)(C)C[C@H]3C3=CCC5[C@@]6(C)C[C@H](O)[C@H](O[C@@H]7O[C@H](CO)[C@@H](O)[C@H](O)[C@H]7O[C@@H]7O[C@H](COC(=O)CC(C)(O)CC(=O)O[C@@H]1[C@@H](O[C@@H]1OC[C@@H](O)[C@H](O)[C@H]1O)[C@H]2O)[C@@H](O)[C@H](O)[C@H]7O)[C@@](C)(CO)C6CC[C@@]5(C)[C@]3(C)C[C@H]4O. The van der Waals surface area contributed by atoms with Crippen LogP contribution in [0.25, 0.3) is 0 Å². The molecule has 35 atom stereocenters. The molecule has 9 aliphatic heterocycles. The van der Waals surface area contributed by atoms with E-state index in [4.69, 9.17) is 56.8 Å². The van der Waals surface area contributed by atoms with Gasteiger partial charge < -0.3 is 139 Å². The number of esters is 3. The van der Waals surface area contributed by atoms with E-state index in [1.165, 1.54) is 6.92 Å². The highest BCUT2D eigenvalue weighted by atomic mass is 16.8. The summed E-state index contributed by atoms with van der Waals surface area (Å²) in [4.78, 5) is 43.1. The summed E-state index contributed by atoms with van der Waals surface area (Å²) in [5.74, 6) is -4.74. The molecule has 16 N–H and O–H groups in total. The molecule has 11 fully saturated rings. The highest BCUT2D eigenvalue weighted by Crippen LogP contribution is 2.76. The second-order valence-electron chi connectivity index (χ2n) is 31.1. The first-order chi connectivity index (χ1) is 44.4. The van der Waals surface area contributed by atoms with Gasteiger partial charge >= 0.3 is 17.9 Å². The minimum atomic E-state index is -2.32. The molecular formula is C64H100O31. The lowest BCUT2D eigenvalue weighted by Gasteiger charge is -2.72. The van der Waals surface area contributed by atoms with E-state index in [9.17, 15) is 91.3 Å². The van der Waals surface area contributed by atoms with E-state index in [1.807, 2.05) is 0 Å². The maximum absolute atomic E-state index is 15.7. The molecule has 0 radical (unpaired) electrons. The fourth-order valence-corrected chi connectivity index (χ4v) is 18.8. The topological polar surface area (TPSA) is 486 Å². The van der Waals surface area contributed by atoms with Crippen LogP contribution in [0.2, 0.25) is 0 Å². The van der Waals surface area contributed by atoms with Gasteiger partial charge in [0.1, 0.15) is 104 Å². The Balaban J connectivity index is 0.966. The largest absolute Gasteiger partial charge is 0.463 e. The number of hydrogen-bond donors (Lipinski definition) is 16. The van der Waals surface area contributed by atoms with Gasteiger partial charge in [0.25, 0.3) is 0 Å². The molecule has 31 heteroatoms. The van der Waals surface area contributed by atoms with E-state index in [0.29, 0.717) is 32.1 Å². The second kappa shape index (κ2) is 26.8. The van der Waals surface area contributed by atoms with Gasteiger partial charge in [-0.3, -0.25) is 14.4 Å². The van der Waals surface area contributed by atoms with Gasteiger partial charge in [-0.05, 0) is 105 Å². The number of rotatable bonds is 4. The molecule has 14 aliphatic rings. The van der Waals surface area contributed by atoms with Crippen LogP contribution in [0.5, 0.6) is 0 Å². The summed E-state index contributed by atoms with van der Waals surface area (Å²) in [5.41, 5.74) is -7.04. The first kappa shape index (κ1) is 73.4. The standard InChI is InChI=1S/C64H100O31/c1-25-47-48(91-52-44(79)38(73)29(68)21-85-52)46(81)54(87-25)92-49-39(74)30(69)22-86-55(49)95-57(82)64-14-13-58(2,3)15-27(64)26-9-10-34-60(5)16-28(67)51(61(6,24-66)33(60)11-12-62(34,7)63(26,8)17-35(64)70)94-56-50(43(78)40(75)31(20-65)88-56)93-53-45(80)42(77)41(76)32(89-53)23-84-36(71)18-59(4,83)19-37(72)90-47/h9,25,27-35,38-56,65-70,73-81,83H,10-24H2,1-8H3/t25-,27-,28-,29+,30-,31+,32+,33?,34?,35+,38-,39-,40+,41+,42-,43-,44+,45+,46+,47-,48-,49+,50+,51-,52-,53-,54-,55-,56-,59?,60-,61-,62+,63+,64+/m0/s1. The van der Waals surface area contributed by atoms with E-state index >= 15 is 4.79 Å². The molecular weight excluding hydrogens is 1260 g/mol. The fourth-order valence-electron chi connectivity index (χ4n) is 18.8. The molecule has 542 valence electrons. The first-order valence-corrected chi connectivity index (χ1v) is 33.3. The lowest BCUT2D eigenvalue weighted by molar-refractivity contribution is -0.384. The van der Waals surface area contributed by atoms with Gasteiger partial charge in [0.2, 0.25) is 6.29 Å². The van der Waals surface area contributed by atoms with E-state index in [2.05, 4.69) is 40.7 Å². The van der Waals surface area contributed by atoms with Crippen LogP contribution in [0, 0.1) is 50.2 Å². The molecule has 0 amide bonds. The van der Waals surface area contributed by atoms with Crippen molar-refractivity contribution in [2.45, 2.75) is 285 Å². The van der Waals surface area contributed by atoms with Crippen molar-refractivity contribution >= 4 is 17.9 Å². The Bertz CT molecular complexity index is 2790. The van der Waals surface area contributed by atoms with Gasteiger partial charge in [0.15, 0.2) is 37.4 Å². The average molecular weight is 1370 g/mol. The predicted octanol–water partition coefficient (Wildman–Crippen LogP) is -4.34. The third-order valence-corrected chi connectivity index (χ3v) is 24.3. The van der Waals surface area contributed by atoms with Crippen LogP contribution in [-0.4, -0.2) is 298 Å². The van der Waals surface area contributed by atoms with Gasteiger partial charge in [0, 0.05) is 5.41 Å². The van der Waals surface area contributed by atoms with E-state index < -0.39 is 268 Å². The van der Waals surface area contributed by atoms with Crippen molar-refractivity contribution in [3.05, 3.63) is 11.6 Å². The summed E-state index contributed by atoms with van der Waals surface area (Å²) in [5, 5.41) is 183. The van der Waals surface area contributed by atoms with Gasteiger partial charge in [0.05, 0.1) is 69.3 Å². The molecule has 12 bridgehead atoms. The molecule has 0 aromatic heterocycles. The van der Waals surface area contributed by atoms with Crippen LogP contribution < -0.4 is 0 Å². The van der Waals surface area contributed by atoms with Crippen molar-refractivity contribution in [2.75, 3.05) is 33.0 Å². The van der Waals surface area contributed by atoms with Crippen LogP contribution in [-0.2, 0) is 71.2 Å². The van der Waals surface area contributed by atoms with Gasteiger partial charge in [-0.15, -0.1) is 0 Å². The Morgan fingerprint density at radius 2 is 1.22 bits per heavy atom. The monoisotopic (exact) mass is 1360 g/mol. The number of allylic oxidation sites excluding steroid dienone is 2. The van der Waals surface area contributed by atoms with Crippen LogP contribution in [0.4, 0.5) is 0 Å². The Morgan fingerprint density at radius 3 is 1.91 bits per heavy atom. The van der Waals surface area contributed by atoms with E-state index in [1.54, 1.807) is 6.92 Å². The van der Waals surface area contributed by atoms with Crippen molar-refractivity contribution < 1.29 is 153 Å². The molecule has 1 spiro atoms. The number of hydrogen-bond acceptors (Lipinski definition) is 31. The Hall–Kier alpha value is -2.85. The number of aliphatic hydroxyl groups excluding tert-OH is 15. The lowest BCUT2D eigenvalue weighted by Crippen LogP contribution is -2.71. The summed E-state index contributed by atoms with van der Waals surface area (Å²) in [6.45, 7) is 11.1. The molecule has 14 rings (SSSR count). The second-order valence-corrected chi connectivity index (χ2v) is 31.1. The molecule has 5 aliphatic carbocycles. The van der Waals surface area contributed by atoms with Crippen LogP contribution in [0.1, 0.15) is 120 Å². The van der Waals surface area contributed by atoms with Gasteiger partial charge in [-0.1, -0.05) is 53.2 Å². The van der Waals surface area contributed by atoms with E-state index in [-0.39, 0.29) is 30.6 Å². The molecule has 95 heavy (non-hydrogen) atoms. The molecule has 7 saturated heterocycles. The fraction of sp³-hybridized carbons (Fsp3) is 0.922. The Labute approximate surface area is 549 Å². The molecule has 31 nitrogen and oxygen atoms in total. The van der Waals surface area contributed by atoms with E-state index in [0.717, 1.165) is 12.5 Å². The highest BCUT2D eigenvalue weighted by Gasteiger charge is 2.73. The smallest absolute Gasteiger partial charge is 0.317 e. The normalized spacial score (nSPS) is 54.8. The zero-order valence-corrected chi connectivity index (χ0v) is 54.7.